The van der Waals surface area contributed by atoms with Crippen molar-refractivity contribution in [3.8, 4) is 11.5 Å². The number of hydrogen-bond acceptors (Lipinski definition) is 5. The Bertz CT molecular complexity index is 908. The number of pyridine rings is 1. The standard InChI is InChI=1S/C22H24F3N3O3/c1-3-4-16-5-7-18(19(13-16)30-2)31-15-21(29)28-11-9-27(10-12-28)20-8-6-17(14-26-20)22(23,24)25/h3,5-8,13-14H,1,4,9-12,15H2,2H3. The number of carbonyl (C=O) groups excluding carboxylic acids is 1. The summed E-state index contributed by atoms with van der Waals surface area (Å²) in [5, 5.41) is 0. The third-order valence-corrected chi connectivity index (χ3v) is 4.99. The molecule has 0 radical (unpaired) electrons. The van der Waals surface area contributed by atoms with E-state index in [1.165, 1.54) is 13.2 Å². The number of aromatic nitrogens is 1. The van der Waals surface area contributed by atoms with Gasteiger partial charge in [0.15, 0.2) is 18.1 Å². The average Bonchev–Trinajstić information content (AvgIpc) is 2.77. The number of methoxy groups -OCH3 is 1. The zero-order valence-corrected chi connectivity index (χ0v) is 17.2. The lowest BCUT2D eigenvalue weighted by Crippen LogP contribution is -2.50. The second-order valence-electron chi connectivity index (χ2n) is 7.04. The molecular weight excluding hydrogens is 411 g/mol. The van der Waals surface area contributed by atoms with Gasteiger partial charge in [0.2, 0.25) is 0 Å². The second kappa shape index (κ2) is 9.72. The van der Waals surface area contributed by atoms with E-state index >= 15 is 0 Å². The Hall–Kier alpha value is -3.23. The van der Waals surface area contributed by atoms with Crippen molar-refractivity contribution in [3.63, 3.8) is 0 Å². The molecule has 31 heavy (non-hydrogen) atoms. The highest BCUT2D eigenvalue weighted by Crippen LogP contribution is 2.30. The number of anilines is 1. The summed E-state index contributed by atoms with van der Waals surface area (Å²) < 4.78 is 49.0. The molecule has 0 N–H and O–H groups in total. The van der Waals surface area contributed by atoms with Crippen LogP contribution in [0.1, 0.15) is 11.1 Å². The smallest absolute Gasteiger partial charge is 0.417 e. The highest BCUT2D eigenvalue weighted by Gasteiger charge is 2.31. The molecule has 0 aliphatic carbocycles. The largest absolute Gasteiger partial charge is 0.493 e. The summed E-state index contributed by atoms with van der Waals surface area (Å²) in [4.78, 5) is 20.0. The van der Waals surface area contributed by atoms with E-state index < -0.39 is 11.7 Å². The van der Waals surface area contributed by atoms with Crippen molar-refractivity contribution >= 4 is 11.7 Å². The zero-order valence-electron chi connectivity index (χ0n) is 17.2. The maximum atomic E-state index is 12.7. The number of hydrogen-bond donors (Lipinski definition) is 0. The lowest BCUT2D eigenvalue weighted by molar-refractivity contribution is -0.138. The fourth-order valence-corrected chi connectivity index (χ4v) is 3.28. The average molecular weight is 435 g/mol. The molecule has 1 fully saturated rings. The van der Waals surface area contributed by atoms with Crippen molar-refractivity contribution in [1.82, 2.24) is 9.88 Å². The summed E-state index contributed by atoms with van der Waals surface area (Å²) in [5.41, 5.74) is 0.244. The van der Waals surface area contributed by atoms with Gasteiger partial charge in [0.25, 0.3) is 5.91 Å². The second-order valence-corrected chi connectivity index (χ2v) is 7.04. The molecule has 0 atom stereocenters. The molecule has 2 aromatic rings. The molecular formula is C22H24F3N3O3. The molecule has 1 aromatic carbocycles. The summed E-state index contributed by atoms with van der Waals surface area (Å²) >= 11 is 0. The normalized spacial score (nSPS) is 14.3. The number of carbonyl (C=O) groups is 1. The van der Waals surface area contributed by atoms with Gasteiger partial charge in [-0.05, 0) is 36.2 Å². The van der Waals surface area contributed by atoms with E-state index in [0.29, 0.717) is 49.9 Å². The number of rotatable bonds is 7. The summed E-state index contributed by atoms with van der Waals surface area (Å²) in [6.07, 6.45) is -1.09. The summed E-state index contributed by atoms with van der Waals surface area (Å²) in [6, 6.07) is 7.86. The maximum Gasteiger partial charge on any atom is 0.417 e. The predicted octanol–water partition coefficient (Wildman–Crippen LogP) is 3.57. The van der Waals surface area contributed by atoms with E-state index in [4.69, 9.17) is 9.47 Å². The van der Waals surface area contributed by atoms with Crippen molar-refractivity contribution < 1.29 is 27.4 Å². The molecule has 1 saturated heterocycles. The summed E-state index contributed by atoms with van der Waals surface area (Å²) in [6.45, 7) is 5.39. The lowest BCUT2D eigenvalue weighted by Gasteiger charge is -2.35. The molecule has 0 bridgehead atoms. The Morgan fingerprint density at radius 1 is 1.16 bits per heavy atom. The van der Waals surface area contributed by atoms with Gasteiger partial charge < -0.3 is 19.3 Å². The number of alkyl halides is 3. The number of nitrogens with zero attached hydrogens (tertiary/aromatic N) is 3. The van der Waals surface area contributed by atoms with E-state index in [0.717, 1.165) is 17.8 Å². The quantitative estimate of drug-likeness (QED) is 0.623. The van der Waals surface area contributed by atoms with Crippen LogP contribution in [0.3, 0.4) is 0 Å². The molecule has 1 aromatic heterocycles. The van der Waals surface area contributed by atoms with E-state index in [1.54, 1.807) is 17.0 Å². The zero-order chi connectivity index (χ0) is 22.4. The number of halogens is 3. The van der Waals surface area contributed by atoms with Crippen LogP contribution in [0.5, 0.6) is 11.5 Å². The van der Waals surface area contributed by atoms with Gasteiger partial charge in [-0.1, -0.05) is 12.1 Å². The number of piperazine rings is 1. The number of allylic oxidation sites excluding steroid dienone is 1. The van der Waals surface area contributed by atoms with Crippen LogP contribution in [-0.2, 0) is 17.4 Å². The molecule has 1 amide bonds. The topological polar surface area (TPSA) is 54.9 Å². The highest BCUT2D eigenvalue weighted by molar-refractivity contribution is 5.78. The van der Waals surface area contributed by atoms with Crippen LogP contribution in [-0.4, -0.2) is 55.7 Å². The van der Waals surface area contributed by atoms with Gasteiger partial charge in [0, 0.05) is 32.4 Å². The Morgan fingerprint density at radius 2 is 1.90 bits per heavy atom. The van der Waals surface area contributed by atoms with Crippen LogP contribution < -0.4 is 14.4 Å². The summed E-state index contributed by atoms with van der Waals surface area (Å²) in [5.74, 6) is 1.32. The van der Waals surface area contributed by atoms with Crippen LogP contribution in [0.25, 0.3) is 0 Å². The van der Waals surface area contributed by atoms with Gasteiger partial charge in [-0.25, -0.2) is 4.98 Å². The molecule has 3 rings (SSSR count). The van der Waals surface area contributed by atoms with Crippen LogP contribution >= 0.6 is 0 Å². The predicted molar refractivity (Wildman–Crippen MR) is 110 cm³/mol. The third-order valence-electron chi connectivity index (χ3n) is 4.99. The minimum Gasteiger partial charge on any atom is -0.493 e. The maximum absolute atomic E-state index is 12.7. The van der Waals surface area contributed by atoms with Gasteiger partial charge >= 0.3 is 6.18 Å². The molecule has 0 unspecified atom stereocenters. The molecule has 6 nitrogen and oxygen atoms in total. The van der Waals surface area contributed by atoms with Crippen molar-refractivity contribution in [2.75, 3.05) is 44.8 Å². The minimum atomic E-state index is -4.41. The lowest BCUT2D eigenvalue weighted by atomic mass is 10.1. The molecule has 1 aliphatic rings. The van der Waals surface area contributed by atoms with Gasteiger partial charge in [-0.2, -0.15) is 13.2 Å². The number of ether oxygens (including phenoxy) is 2. The first-order valence-electron chi connectivity index (χ1n) is 9.78. The van der Waals surface area contributed by atoms with Crippen LogP contribution in [0.2, 0.25) is 0 Å². The Balaban J connectivity index is 1.52. The highest BCUT2D eigenvalue weighted by atomic mass is 19.4. The van der Waals surface area contributed by atoms with Gasteiger partial charge in [-0.3, -0.25) is 4.79 Å². The van der Waals surface area contributed by atoms with Crippen LogP contribution in [0, 0.1) is 0 Å². The first-order valence-corrected chi connectivity index (χ1v) is 9.78. The Kier molecular flexibility index (Phi) is 7.04. The third kappa shape index (κ3) is 5.68. The first kappa shape index (κ1) is 22.5. The SMILES string of the molecule is C=CCc1ccc(OCC(=O)N2CCN(c3ccc(C(F)(F)F)cn3)CC2)c(OC)c1. The molecule has 0 spiro atoms. The minimum absolute atomic E-state index is 0.129. The molecule has 2 heterocycles. The van der Waals surface area contributed by atoms with Crippen molar-refractivity contribution in [2.45, 2.75) is 12.6 Å². The van der Waals surface area contributed by atoms with E-state index in [-0.39, 0.29) is 12.5 Å². The Labute approximate surface area is 178 Å². The Morgan fingerprint density at radius 3 is 2.48 bits per heavy atom. The molecule has 9 heteroatoms. The fourth-order valence-electron chi connectivity index (χ4n) is 3.28. The van der Waals surface area contributed by atoms with E-state index in [9.17, 15) is 18.0 Å². The monoisotopic (exact) mass is 435 g/mol. The van der Waals surface area contributed by atoms with Crippen molar-refractivity contribution in [2.24, 2.45) is 0 Å². The molecule has 1 aliphatic heterocycles. The van der Waals surface area contributed by atoms with Crippen molar-refractivity contribution in [3.05, 3.63) is 60.3 Å². The van der Waals surface area contributed by atoms with Gasteiger partial charge in [0.05, 0.1) is 12.7 Å². The van der Waals surface area contributed by atoms with Crippen LogP contribution in [0.15, 0.2) is 49.2 Å². The van der Waals surface area contributed by atoms with Gasteiger partial charge in [0.1, 0.15) is 5.82 Å². The van der Waals surface area contributed by atoms with Crippen molar-refractivity contribution in [1.29, 1.82) is 0 Å². The van der Waals surface area contributed by atoms with E-state index in [2.05, 4.69) is 11.6 Å². The first-order chi connectivity index (χ1) is 14.8. The van der Waals surface area contributed by atoms with E-state index in [1.807, 2.05) is 17.0 Å². The molecule has 166 valence electrons. The summed E-state index contributed by atoms with van der Waals surface area (Å²) in [7, 11) is 1.54. The fraction of sp³-hybridized carbons (Fsp3) is 0.364. The molecule has 0 saturated carbocycles. The van der Waals surface area contributed by atoms with Crippen LogP contribution in [0.4, 0.5) is 19.0 Å². The number of amides is 1. The van der Waals surface area contributed by atoms with Gasteiger partial charge in [-0.15, -0.1) is 6.58 Å². The number of benzene rings is 1.